The van der Waals surface area contributed by atoms with Gasteiger partial charge in [-0.05, 0) is 37.0 Å². The fourth-order valence-corrected chi connectivity index (χ4v) is 4.29. The van der Waals surface area contributed by atoms with Crippen LogP contribution in [0.4, 0.5) is 5.69 Å². The fourth-order valence-electron chi connectivity index (χ4n) is 3.19. The molecule has 3 N–H and O–H groups in total. The van der Waals surface area contributed by atoms with E-state index in [1.54, 1.807) is 11.0 Å². The molecule has 0 aliphatic carbocycles. The lowest BCUT2D eigenvalue weighted by Gasteiger charge is -2.27. The molecule has 0 saturated carbocycles. The Morgan fingerprint density at radius 2 is 2.00 bits per heavy atom. The maximum atomic E-state index is 12.5. The van der Waals surface area contributed by atoms with Gasteiger partial charge in [-0.2, -0.15) is 0 Å². The average molecular weight is 385 g/mol. The molecule has 1 amide bonds. The Bertz CT molecular complexity index is 713. The fraction of sp³-hybridized carbons (Fsp3) is 0.611. The number of quaternary nitrogens is 1. The van der Waals surface area contributed by atoms with Crippen molar-refractivity contribution >= 4 is 21.6 Å². The van der Waals surface area contributed by atoms with Crippen molar-refractivity contribution in [1.82, 2.24) is 4.72 Å². The largest absolute Gasteiger partial charge is 0.495 e. The molecule has 26 heavy (non-hydrogen) atoms. The molecule has 8 heteroatoms. The highest BCUT2D eigenvalue weighted by Gasteiger charge is 2.20. The molecule has 1 saturated heterocycles. The third kappa shape index (κ3) is 5.96. The van der Waals surface area contributed by atoms with Gasteiger partial charge in [0.15, 0.2) is 0 Å². The second kappa shape index (κ2) is 9.34. The highest BCUT2D eigenvalue weighted by Crippen LogP contribution is 2.27. The van der Waals surface area contributed by atoms with Crippen molar-refractivity contribution in [3.63, 3.8) is 0 Å². The molecule has 0 bridgehead atoms. The van der Waals surface area contributed by atoms with Gasteiger partial charge in [0.1, 0.15) is 5.75 Å². The number of hydrogen-bond donors (Lipinski definition) is 3. The standard InChI is InChI=1S/C18H29N3O4S/c1-14-7-11-21(12-8-14)10-4-9-19-26(23,24)16-5-6-18(25-3)17(13-16)20-15(2)22/h5-6,13-14,19H,4,7-12H2,1-3H3,(H,20,22)/p+1. The summed E-state index contributed by atoms with van der Waals surface area (Å²) in [5, 5.41) is 2.59. The number of ether oxygens (including phenoxy) is 1. The molecule has 7 nitrogen and oxygen atoms in total. The number of piperidine rings is 1. The van der Waals surface area contributed by atoms with E-state index in [1.165, 1.54) is 52.1 Å². The number of rotatable bonds is 8. The lowest BCUT2D eigenvalue weighted by Crippen LogP contribution is -3.13. The van der Waals surface area contributed by atoms with Crippen LogP contribution < -0.4 is 19.7 Å². The van der Waals surface area contributed by atoms with Crippen LogP contribution in [0.2, 0.25) is 0 Å². The minimum atomic E-state index is -3.62. The Balaban J connectivity index is 1.91. The van der Waals surface area contributed by atoms with Gasteiger partial charge in [0.05, 0.1) is 37.3 Å². The maximum absolute atomic E-state index is 12.5. The van der Waals surface area contributed by atoms with E-state index in [2.05, 4.69) is 17.0 Å². The van der Waals surface area contributed by atoms with Crippen LogP contribution in [-0.2, 0) is 14.8 Å². The zero-order chi connectivity index (χ0) is 19.2. The predicted octanol–water partition coefficient (Wildman–Crippen LogP) is 0.637. The molecular weight excluding hydrogens is 354 g/mol. The molecule has 1 aliphatic heterocycles. The third-order valence-electron chi connectivity index (χ3n) is 4.77. The Kier molecular flexibility index (Phi) is 7.43. The van der Waals surface area contributed by atoms with E-state index in [0.717, 1.165) is 18.9 Å². The zero-order valence-corrected chi connectivity index (χ0v) is 16.6. The lowest BCUT2D eigenvalue weighted by molar-refractivity contribution is -0.906. The molecule has 0 aromatic heterocycles. The first-order valence-corrected chi connectivity index (χ1v) is 10.6. The summed E-state index contributed by atoms with van der Waals surface area (Å²) in [6, 6.07) is 4.43. The highest BCUT2D eigenvalue weighted by atomic mass is 32.2. The van der Waals surface area contributed by atoms with Crippen molar-refractivity contribution in [2.75, 3.05) is 38.6 Å². The molecule has 0 unspecified atom stereocenters. The lowest BCUT2D eigenvalue weighted by atomic mass is 9.99. The van der Waals surface area contributed by atoms with E-state index in [0.29, 0.717) is 18.0 Å². The molecule has 0 radical (unpaired) electrons. The number of amides is 1. The Labute approximate surface area is 156 Å². The minimum Gasteiger partial charge on any atom is -0.495 e. The van der Waals surface area contributed by atoms with E-state index < -0.39 is 10.0 Å². The van der Waals surface area contributed by atoms with Gasteiger partial charge >= 0.3 is 0 Å². The molecule has 0 spiro atoms. The number of anilines is 1. The smallest absolute Gasteiger partial charge is 0.240 e. The van der Waals surface area contributed by atoms with E-state index in [-0.39, 0.29) is 10.8 Å². The topological polar surface area (TPSA) is 88.9 Å². The Hall–Kier alpha value is -1.64. The van der Waals surface area contributed by atoms with Crippen molar-refractivity contribution in [2.45, 2.75) is 38.0 Å². The molecule has 146 valence electrons. The average Bonchev–Trinajstić information content (AvgIpc) is 2.59. The molecular formula is C18H30N3O4S+. The molecule has 1 aromatic carbocycles. The van der Waals surface area contributed by atoms with Crippen LogP contribution in [-0.4, -0.2) is 47.6 Å². The van der Waals surface area contributed by atoms with Gasteiger partial charge in [-0.25, -0.2) is 13.1 Å². The number of benzene rings is 1. The van der Waals surface area contributed by atoms with E-state index in [1.807, 2.05) is 0 Å². The number of nitrogens with one attached hydrogen (secondary N) is 3. The molecule has 1 heterocycles. The summed E-state index contributed by atoms with van der Waals surface area (Å²) in [5.41, 5.74) is 0.342. The van der Waals surface area contributed by atoms with Crippen molar-refractivity contribution in [1.29, 1.82) is 0 Å². The van der Waals surface area contributed by atoms with Gasteiger partial charge < -0.3 is 15.0 Å². The van der Waals surface area contributed by atoms with Gasteiger partial charge in [0, 0.05) is 19.9 Å². The summed E-state index contributed by atoms with van der Waals surface area (Å²) < 4.78 is 32.8. The summed E-state index contributed by atoms with van der Waals surface area (Å²) >= 11 is 0. The summed E-state index contributed by atoms with van der Waals surface area (Å²) in [6.07, 6.45) is 3.30. The predicted molar refractivity (Wildman–Crippen MR) is 101 cm³/mol. The second-order valence-electron chi connectivity index (χ2n) is 6.98. The van der Waals surface area contributed by atoms with Crippen LogP contribution in [0.3, 0.4) is 0 Å². The molecule has 0 atom stereocenters. The van der Waals surface area contributed by atoms with Crippen molar-refractivity contribution < 1.29 is 22.8 Å². The van der Waals surface area contributed by atoms with Crippen LogP contribution >= 0.6 is 0 Å². The van der Waals surface area contributed by atoms with Crippen LogP contribution in [0.25, 0.3) is 0 Å². The number of sulfonamides is 1. The first-order valence-electron chi connectivity index (χ1n) is 9.10. The van der Waals surface area contributed by atoms with Crippen molar-refractivity contribution in [2.24, 2.45) is 5.92 Å². The number of likely N-dealkylation sites (tertiary alicyclic amines) is 1. The molecule has 2 rings (SSSR count). The second-order valence-corrected chi connectivity index (χ2v) is 8.74. The van der Waals surface area contributed by atoms with Crippen LogP contribution in [0.15, 0.2) is 23.1 Å². The molecule has 1 aromatic rings. The quantitative estimate of drug-likeness (QED) is 0.574. The first-order chi connectivity index (χ1) is 12.3. The molecule has 1 aliphatic rings. The third-order valence-corrected chi connectivity index (χ3v) is 6.23. The van der Waals surface area contributed by atoms with Crippen LogP contribution in [0.1, 0.15) is 33.1 Å². The summed E-state index contributed by atoms with van der Waals surface area (Å²) in [6.45, 7) is 7.38. The number of carbonyl (C=O) groups is 1. The number of hydrogen-bond acceptors (Lipinski definition) is 4. The summed E-state index contributed by atoms with van der Waals surface area (Å²) in [5.74, 6) is 0.942. The van der Waals surface area contributed by atoms with Crippen molar-refractivity contribution in [3.8, 4) is 5.75 Å². The summed E-state index contributed by atoms with van der Waals surface area (Å²) in [4.78, 5) is 13.0. The summed E-state index contributed by atoms with van der Waals surface area (Å²) in [7, 11) is -2.15. The first kappa shape index (κ1) is 20.7. The van der Waals surface area contributed by atoms with E-state index in [4.69, 9.17) is 4.74 Å². The molecule has 1 fully saturated rings. The van der Waals surface area contributed by atoms with E-state index >= 15 is 0 Å². The van der Waals surface area contributed by atoms with Gasteiger partial charge in [0.2, 0.25) is 15.9 Å². The van der Waals surface area contributed by atoms with Gasteiger partial charge in [-0.15, -0.1) is 0 Å². The SMILES string of the molecule is COc1ccc(S(=O)(=O)NCCC[NH+]2CCC(C)CC2)cc1NC(C)=O. The highest BCUT2D eigenvalue weighted by molar-refractivity contribution is 7.89. The minimum absolute atomic E-state index is 0.112. The Morgan fingerprint density at radius 3 is 2.62 bits per heavy atom. The number of methoxy groups -OCH3 is 1. The van der Waals surface area contributed by atoms with Crippen LogP contribution in [0, 0.1) is 5.92 Å². The van der Waals surface area contributed by atoms with E-state index in [9.17, 15) is 13.2 Å². The zero-order valence-electron chi connectivity index (χ0n) is 15.8. The number of carbonyl (C=O) groups excluding carboxylic acids is 1. The monoisotopic (exact) mass is 384 g/mol. The maximum Gasteiger partial charge on any atom is 0.240 e. The van der Waals surface area contributed by atoms with Crippen LogP contribution in [0.5, 0.6) is 5.75 Å². The Morgan fingerprint density at radius 1 is 1.31 bits per heavy atom. The van der Waals surface area contributed by atoms with Gasteiger partial charge in [0.25, 0.3) is 0 Å². The van der Waals surface area contributed by atoms with Crippen molar-refractivity contribution in [3.05, 3.63) is 18.2 Å². The van der Waals surface area contributed by atoms with Gasteiger partial charge in [-0.3, -0.25) is 4.79 Å². The normalized spacial score (nSPS) is 20.6. The van der Waals surface area contributed by atoms with Gasteiger partial charge in [-0.1, -0.05) is 6.92 Å².